The fourth-order valence-corrected chi connectivity index (χ4v) is 2.85. The Morgan fingerprint density at radius 3 is 2.64 bits per heavy atom. The van der Waals surface area contributed by atoms with E-state index in [1.165, 1.54) is 16.9 Å². The number of aromatic nitrogens is 2. The van der Waals surface area contributed by atoms with Crippen molar-refractivity contribution in [3.05, 3.63) is 32.2 Å². The van der Waals surface area contributed by atoms with Gasteiger partial charge in [0, 0.05) is 10.0 Å². The van der Waals surface area contributed by atoms with E-state index >= 15 is 0 Å². The van der Waals surface area contributed by atoms with Crippen molar-refractivity contribution >= 4 is 43.2 Å². The molecule has 0 amide bonds. The Balaban J connectivity index is 2.57. The predicted octanol–water partition coefficient (Wildman–Crippen LogP) is 4.04. The average molecular weight is 334 g/mol. The number of hydrogen-bond donors (Lipinski definition) is 0. The Bertz CT molecular complexity index is 468. The molecular weight excluding hydrogens is 328 g/mol. The third-order valence-corrected chi connectivity index (χ3v) is 4.26. The van der Waals surface area contributed by atoms with Crippen molar-refractivity contribution < 1.29 is 0 Å². The van der Waals surface area contributed by atoms with Crippen LogP contribution < -0.4 is 0 Å². The highest BCUT2D eigenvalue weighted by Gasteiger charge is 2.09. The van der Waals surface area contributed by atoms with Crippen LogP contribution in [0.5, 0.6) is 0 Å². The van der Waals surface area contributed by atoms with Crippen LogP contribution in [-0.2, 0) is 0 Å². The van der Waals surface area contributed by atoms with Crippen LogP contribution in [-0.4, -0.2) is 10.2 Å². The fourth-order valence-electron chi connectivity index (χ4n) is 1.13. The monoisotopic (exact) mass is 332 g/mol. The summed E-state index contributed by atoms with van der Waals surface area (Å²) in [6.45, 7) is 2.06. The summed E-state index contributed by atoms with van der Waals surface area (Å²) in [5.74, 6) is 0. The lowest BCUT2D eigenvalue weighted by Crippen LogP contribution is -1.82. The molecule has 0 fully saturated rings. The standard InChI is InChI=1S/C9H6Br2N2S/c1-5-3-2-4-6(7(5)10)8-12-13-9(11)14-8/h2-4H,1H3. The number of rotatable bonds is 1. The molecule has 0 radical (unpaired) electrons. The zero-order chi connectivity index (χ0) is 10.1. The highest BCUT2D eigenvalue weighted by molar-refractivity contribution is 9.11. The van der Waals surface area contributed by atoms with Crippen LogP contribution in [0.25, 0.3) is 10.6 Å². The second-order valence-corrected chi connectivity index (χ2v) is 5.84. The Labute approximate surface area is 103 Å². The molecule has 0 saturated heterocycles. The molecule has 14 heavy (non-hydrogen) atoms. The third kappa shape index (κ3) is 1.89. The van der Waals surface area contributed by atoms with E-state index < -0.39 is 0 Å². The molecule has 0 aliphatic rings. The van der Waals surface area contributed by atoms with Crippen molar-refractivity contribution in [1.82, 2.24) is 10.2 Å². The highest BCUT2D eigenvalue weighted by atomic mass is 79.9. The molecule has 0 aliphatic carbocycles. The molecule has 1 heterocycles. The maximum Gasteiger partial charge on any atom is 0.183 e. The Morgan fingerprint density at radius 1 is 1.21 bits per heavy atom. The average Bonchev–Trinajstić information content (AvgIpc) is 2.57. The Kier molecular flexibility index (Phi) is 2.99. The summed E-state index contributed by atoms with van der Waals surface area (Å²) in [6.07, 6.45) is 0. The largest absolute Gasteiger partial charge is 0.183 e. The van der Waals surface area contributed by atoms with Gasteiger partial charge in [-0.05, 0) is 44.3 Å². The molecule has 1 aromatic heterocycles. The molecule has 0 saturated carbocycles. The van der Waals surface area contributed by atoms with Crippen LogP contribution in [0, 0.1) is 6.92 Å². The Hall–Kier alpha value is -0.260. The number of hydrogen-bond acceptors (Lipinski definition) is 3. The van der Waals surface area contributed by atoms with Gasteiger partial charge >= 0.3 is 0 Å². The molecule has 0 aliphatic heterocycles. The second kappa shape index (κ2) is 4.08. The molecule has 2 aromatic rings. The summed E-state index contributed by atoms with van der Waals surface area (Å²) in [6, 6.07) is 6.11. The first-order chi connectivity index (χ1) is 6.68. The normalized spacial score (nSPS) is 10.5. The van der Waals surface area contributed by atoms with Crippen LogP contribution in [0.3, 0.4) is 0 Å². The maximum atomic E-state index is 4.08. The molecule has 0 unspecified atom stereocenters. The SMILES string of the molecule is Cc1cccc(-c2nnc(Br)s2)c1Br. The van der Waals surface area contributed by atoms with Crippen molar-refractivity contribution in [2.24, 2.45) is 0 Å². The molecule has 0 N–H and O–H groups in total. The lowest BCUT2D eigenvalue weighted by molar-refractivity contribution is 1.07. The molecule has 0 atom stereocenters. The summed E-state index contributed by atoms with van der Waals surface area (Å²) in [7, 11) is 0. The predicted molar refractivity (Wildman–Crippen MR) is 65.5 cm³/mol. The van der Waals surface area contributed by atoms with E-state index in [4.69, 9.17) is 0 Å². The lowest BCUT2D eigenvalue weighted by Gasteiger charge is -2.02. The lowest BCUT2D eigenvalue weighted by atomic mass is 10.1. The number of halogens is 2. The zero-order valence-corrected chi connectivity index (χ0v) is 11.3. The van der Waals surface area contributed by atoms with Crippen molar-refractivity contribution in [1.29, 1.82) is 0 Å². The van der Waals surface area contributed by atoms with E-state index in [-0.39, 0.29) is 0 Å². The minimum atomic E-state index is 0.806. The Morgan fingerprint density at radius 2 is 2.00 bits per heavy atom. The molecule has 2 nitrogen and oxygen atoms in total. The summed E-state index contributed by atoms with van der Waals surface area (Å²) in [5, 5.41) is 8.93. The minimum Gasteiger partial charge on any atom is -0.137 e. The number of nitrogens with zero attached hydrogens (tertiary/aromatic N) is 2. The van der Waals surface area contributed by atoms with E-state index in [9.17, 15) is 0 Å². The summed E-state index contributed by atoms with van der Waals surface area (Å²) in [5.41, 5.74) is 2.29. The minimum absolute atomic E-state index is 0.806. The molecule has 1 aromatic carbocycles. The van der Waals surface area contributed by atoms with Gasteiger partial charge in [0.05, 0.1) is 0 Å². The molecular formula is C9H6Br2N2S. The number of benzene rings is 1. The van der Waals surface area contributed by atoms with Crippen LogP contribution in [0.2, 0.25) is 0 Å². The summed E-state index contributed by atoms with van der Waals surface area (Å²) >= 11 is 8.38. The first kappa shape index (κ1) is 10.3. The first-order valence-corrected chi connectivity index (χ1v) is 6.33. The molecule has 0 bridgehead atoms. The molecule has 5 heteroatoms. The van der Waals surface area contributed by atoms with Gasteiger partial charge in [0.1, 0.15) is 5.01 Å². The van der Waals surface area contributed by atoms with Gasteiger partial charge in [-0.25, -0.2) is 0 Å². The summed E-state index contributed by atoms with van der Waals surface area (Å²) in [4.78, 5) is 0. The van der Waals surface area contributed by atoms with E-state index in [2.05, 4.69) is 55.0 Å². The molecule has 2 rings (SSSR count). The van der Waals surface area contributed by atoms with Gasteiger partial charge < -0.3 is 0 Å². The van der Waals surface area contributed by atoms with Crippen molar-refractivity contribution in [3.63, 3.8) is 0 Å². The quantitative estimate of drug-likeness (QED) is 0.787. The van der Waals surface area contributed by atoms with Gasteiger partial charge in [0.25, 0.3) is 0 Å². The van der Waals surface area contributed by atoms with Crippen LogP contribution in [0.15, 0.2) is 26.6 Å². The summed E-state index contributed by atoms with van der Waals surface area (Å²) < 4.78 is 1.89. The van der Waals surface area contributed by atoms with Crippen molar-refractivity contribution in [2.45, 2.75) is 6.92 Å². The smallest absolute Gasteiger partial charge is 0.137 e. The zero-order valence-electron chi connectivity index (χ0n) is 7.29. The van der Waals surface area contributed by atoms with Crippen LogP contribution in [0.4, 0.5) is 0 Å². The van der Waals surface area contributed by atoms with E-state index in [0.717, 1.165) is 19.0 Å². The molecule has 0 spiro atoms. The van der Waals surface area contributed by atoms with Gasteiger partial charge in [-0.15, -0.1) is 10.2 Å². The first-order valence-electron chi connectivity index (χ1n) is 3.93. The van der Waals surface area contributed by atoms with Crippen molar-refractivity contribution in [3.8, 4) is 10.6 Å². The third-order valence-electron chi connectivity index (χ3n) is 1.82. The van der Waals surface area contributed by atoms with Gasteiger partial charge in [0.15, 0.2) is 3.92 Å². The van der Waals surface area contributed by atoms with E-state index in [0.29, 0.717) is 0 Å². The number of aryl methyl sites for hydroxylation is 1. The fraction of sp³-hybridized carbons (Fsp3) is 0.111. The van der Waals surface area contributed by atoms with Crippen LogP contribution in [0.1, 0.15) is 5.56 Å². The van der Waals surface area contributed by atoms with E-state index in [1.54, 1.807) is 0 Å². The van der Waals surface area contributed by atoms with Gasteiger partial charge in [0.2, 0.25) is 0 Å². The van der Waals surface area contributed by atoms with Crippen LogP contribution >= 0.6 is 43.2 Å². The van der Waals surface area contributed by atoms with Gasteiger partial charge in [-0.3, -0.25) is 0 Å². The van der Waals surface area contributed by atoms with Gasteiger partial charge in [-0.1, -0.05) is 29.5 Å². The maximum absolute atomic E-state index is 4.08. The van der Waals surface area contributed by atoms with E-state index in [1.807, 2.05) is 12.1 Å². The van der Waals surface area contributed by atoms with Gasteiger partial charge in [-0.2, -0.15) is 0 Å². The topological polar surface area (TPSA) is 25.8 Å². The molecule has 72 valence electrons. The second-order valence-electron chi connectivity index (χ2n) is 2.80. The van der Waals surface area contributed by atoms with Crippen molar-refractivity contribution in [2.75, 3.05) is 0 Å². The highest BCUT2D eigenvalue weighted by Crippen LogP contribution is 2.33.